The molecule has 104 valence electrons. The Morgan fingerprint density at radius 3 is 1.35 bits per heavy atom. The van der Waals surface area contributed by atoms with Gasteiger partial charge in [0, 0.05) is 0 Å². The highest BCUT2D eigenvalue weighted by Gasteiger charge is 2.47. The average Bonchev–Trinajstić information content (AvgIpc) is 1.98. The second-order valence-corrected chi connectivity index (χ2v) is 7.34. The van der Waals surface area contributed by atoms with Crippen LogP contribution >= 0.6 is 0 Å². The third kappa shape index (κ3) is 4.76. The summed E-state index contributed by atoms with van der Waals surface area (Å²) in [5.74, 6) is 0. The molecule has 2 nitrogen and oxygen atoms in total. The van der Waals surface area contributed by atoms with Crippen LogP contribution in [0.3, 0.4) is 0 Å². The van der Waals surface area contributed by atoms with Crippen molar-refractivity contribution >= 4 is 0 Å². The van der Waals surface area contributed by atoms with Crippen molar-refractivity contribution in [3.05, 3.63) is 0 Å². The van der Waals surface area contributed by atoms with Crippen molar-refractivity contribution in [1.82, 2.24) is 0 Å². The highest BCUT2D eigenvalue weighted by molar-refractivity contribution is 4.84. The van der Waals surface area contributed by atoms with Crippen molar-refractivity contribution in [3.8, 4) is 0 Å². The Bertz CT molecular complexity index is 226. The molecule has 0 bridgehead atoms. The summed E-state index contributed by atoms with van der Waals surface area (Å²) in [6.45, 7) is 5.59. The van der Waals surface area contributed by atoms with Crippen molar-refractivity contribution < 1.29 is 56.9 Å². The minimum absolute atomic E-state index is 0. The first kappa shape index (κ1) is 18.4. The second kappa shape index (κ2) is 6.22. The Kier molecular flexibility index (Phi) is 6.73. The van der Waals surface area contributed by atoms with Gasteiger partial charge in [-0.05, 0) is 25.7 Å². The zero-order chi connectivity index (χ0) is 11.2. The van der Waals surface area contributed by atoms with E-state index < -0.39 is 0 Å². The summed E-state index contributed by atoms with van der Waals surface area (Å²) in [5, 5.41) is 0. The molecule has 4 heteroatoms. The molecule has 2 fully saturated rings. The van der Waals surface area contributed by atoms with E-state index in [1.807, 2.05) is 0 Å². The zero-order valence-corrected chi connectivity index (χ0v) is 16.1. The number of halogens is 2. The van der Waals surface area contributed by atoms with E-state index >= 15 is 0 Å². The van der Waals surface area contributed by atoms with E-state index in [4.69, 9.17) is 0 Å². The lowest BCUT2D eigenvalue weighted by Crippen LogP contribution is -3.00. The summed E-state index contributed by atoms with van der Waals surface area (Å²) in [4.78, 5) is 0. The number of hydrogen-bond acceptors (Lipinski definition) is 0. The van der Waals surface area contributed by atoms with Crippen molar-refractivity contribution in [2.45, 2.75) is 25.7 Å². The van der Waals surface area contributed by atoms with Gasteiger partial charge in [-0.1, -0.05) is 0 Å². The Morgan fingerprint density at radius 1 is 0.706 bits per heavy atom. The van der Waals surface area contributed by atoms with Gasteiger partial charge < -0.3 is 56.9 Å². The first-order valence-corrected chi connectivity index (χ1v) is 6.47. The number of likely N-dealkylation sites (tertiary alicyclic amines) is 2. The molecule has 0 saturated carbocycles. The predicted molar refractivity (Wildman–Crippen MR) is 64.6 cm³/mol. The van der Waals surface area contributed by atoms with Crippen LogP contribution in [0.2, 0.25) is 0 Å². The molecule has 0 aromatic rings. The van der Waals surface area contributed by atoms with Crippen molar-refractivity contribution in [1.29, 1.82) is 0 Å². The van der Waals surface area contributed by atoms with Crippen LogP contribution in [0.1, 0.15) is 25.7 Å². The molecule has 0 aromatic heterocycles. The van der Waals surface area contributed by atoms with E-state index in [0.29, 0.717) is 5.41 Å². The normalized spacial score (nSPS) is 28.9. The highest BCUT2D eigenvalue weighted by Crippen LogP contribution is 2.41. The van der Waals surface area contributed by atoms with Crippen LogP contribution in [0.4, 0.5) is 0 Å². The number of hydrogen-bond donors (Lipinski definition) is 0. The van der Waals surface area contributed by atoms with E-state index in [-0.39, 0.29) is 48.0 Å². The summed E-state index contributed by atoms with van der Waals surface area (Å²) in [6, 6.07) is 0. The molecule has 2 saturated heterocycles. The maximum Gasteiger partial charge on any atom is 0.0894 e. The van der Waals surface area contributed by atoms with Gasteiger partial charge >= 0.3 is 0 Å². The lowest BCUT2D eigenvalue weighted by Gasteiger charge is -2.51. The Hall–Kier alpha value is 1.38. The summed E-state index contributed by atoms with van der Waals surface area (Å²) in [7, 11) is 9.65. The van der Waals surface area contributed by atoms with E-state index in [1.54, 1.807) is 0 Å². The lowest BCUT2D eigenvalue weighted by molar-refractivity contribution is -0.932. The van der Waals surface area contributed by atoms with Crippen LogP contribution in [-0.2, 0) is 0 Å². The maximum absolute atomic E-state index is 2.41. The molecule has 2 heterocycles. The molecular weight excluding hydrogens is 438 g/mol. The molecule has 0 amide bonds. The standard InChI is InChI=1S/C13H28N2.2HI/c1-14(2)9-5-7-13(11-14)8-6-10-15(3,4)12-13;;/h5-12H2,1-4H3;2*1H/q+2;;/p-2. The zero-order valence-electron chi connectivity index (χ0n) is 11.8. The predicted octanol–water partition coefficient (Wildman–Crippen LogP) is -4.28. The first-order valence-electron chi connectivity index (χ1n) is 6.47. The maximum atomic E-state index is 2.41. The molecule has 2 rings (SSSR count). The smallest absolute Gasteiger partial charge is 0.0894 e. The molecule has 0 aliphatic carbocycles. The number of rotatable bonds is 0. The minimum atomic E-state index is 0. The van der Waals surface area contributed by atoms with Crippen LogP contribution < -0.4 is 48.0 Å². The van der Waals surface area contributed by atoms with Crippen LogP contribution in [0.15, 0.2) is 0 Å². The Balaban J connectivity index is 0.00000128. The average molecular weight is 466 g/mol. The SMILES string of the molecule is C[N+]1(C)CCCC2(CCC[N+](C)(C)C2)C1.[I-].[I-]. The molecule has 2 aliphatic rings. The molecule has 0 radical (unpaired) electrons. The largest absolute Gasteiger partial charge is 1.00 e. The van der Waals surface area contributed by atoms with Gasteiger partial charge in [0.1, 0.15) is 0 Å². The number of quaternary nitrogens is 2. The van der Waals surface area contributed by atoms with E-state index in [1.165, 1.54) is 60.8 Å². The van der Waals surface area contributed by atoms with Gasteiger partial charge in [0.25, 0.3) is 0 Å². The van der Waals surface area contributed by atoms with Crippen LogP contribution in [0, 0.1) is 5.41 Å². The lowest BCUT2D eigenvalue weighted by atomic mass is 9.72. The van der Waals surface area contributed by atoms with Crippen molar-refractivity contribution in [2.75, 3.05) is 54.4 Å². The Labute approximate surface area is 141 Å². The van der Waals surface area contributed by atoms with Gasteiger partial charge in [-0.3, -0.25) is 0 Å². The monoisotopic (exact) mass is 466 g/mol. The van der Waals surface area contributed by atoms with Crippen molar-refractivity contribution in [2.24, 2.45) is 5.41 Å². The minimum Gasteiger partial charge on any atom is -1.00 e. The van der Waals surface area contributed by atoms with Gasteiger partial charge in [0.15, 0.2) is 0 Å². The summed E-state index contributed by atoms with van der Waals surface area (Å²) in [5.41, 5.74) is 0.670. The third-order valence-electron chi connectivity index (χ3n) is 4.47. The number of nitrogens with zero attached hydrogens (tertiary/aromatic N) is 2. The Morgan fingerprint density at radius 2 is 1.06 bits per heavy atom. The topological polar surface area (TPSA) is 0 Å². The van der Waals surface area contributed by atoms with E-state index in [9.17, 15) is 0 Å². The fourth-order valence-corrected chi connectivity index (χ4v) is 4.23. The quantitative estimate of drug-likeness (QED) is 0.251. The van der Waals surface area contributed by atoms with Gasteiger partial charge in [-0.2, -0.15) is 0 Å². The summed E-state index contributed by atoms with van der Waals surface area (Å²) < 4.78 is 2.50. The molecule has 0 aromatic carbocycles. The fraction of sp³-hybridized carbons (Fsp3) is 1.00. The molecule has 17 heavy (non-hydrogen) atoms. The summed E-state index contributed by atoms with van der Waals surface area (Å²) in [6.07, 6.45) is 5.84. The van der Waals surface area contributed by atoms with Gasteiger partial charge in [-0.15, -0.1) is 0 Å². The first-order chi connectivity index (χ1) is 6.83. The highest BCUT2D eigenvalue weighted by atomic mass is 127. The van der Waals surface area contributed by atoms with Crippen LogP contribution in [-0.4, -0.2) is 63.3 Å². The van der Waals surface area contributed by atoms with Crippen LogP contribution in [0.5, 0.6) is 0 Å². The molecular formula is C13H28I2N2. The molecule has 0 atom stereocenters. The van der Waals surface area contributed by atoms with E-state index in [0.717, 1.165) is 0 Å². The van der Waals surface area contributed by atoms with Gasteiger partial charge in [-0.25, -0.2) is 0 Å². The molecule has 1 spiro atoms. The van der Waals surface area contributed by atoms with Gasteiger partial charge in [0.05, 0.1) is 59.8 Å². The fourth-order valence-electron chi connectivity index (χ4n) is 4.23. The van der Waals surface area contributed by atoms with Crippen molar-refractivity contribution in [3.63, 3.8) is 0 Å². The van der Waals surface area contributed by atoms with Gasteiger partial charge in [0.2, 0.25) is 0 Å². The van der Waals surface area contributed by atoms with E-state index in [2.05, 4.69) is 28.2 Å². The summed E-state index contributed by atoms with van der Waals surface area (Å²) >= 11 is 0. The number of piperidine rings is 2. The molecule has 0 N–H and O–H groups in total. The third-order valence-corrected chi connectivity index (χ3v) is 4.47. The molecule has 0 unspecified atom stereocenters. The molecule has 2 aliphatic heterocycles. The van der Waals surface area contributed by atoms with Crippen LogP contribution in [0.25, 0.3) is 0 Å². The second-order valence-electron chi connectivity index (χ2n) is 7.34.